The lowest BCUT2D eigenvalue weighted by Crippen LogP contribution is -2.69. The van der Waals surface area contributed by atoms with Crippen molar-refractivity contribution in [1.82, 2.24) is 10.2 Å². The third-order valence-corrected chi connectivity index (χ3v) is 5.30. The molecule has 27 heavy (non-hydrogen) atoms. The second kappa shape index (κ2) is 6.19. The number of para-hydroxylation sites is 1. The molecule has 4 rings (SSSR count). The fourth-order valence-electron chi connectivity index (χ4n) is 3.89. The molecule has 0 spiro atoms. The summed E-state index contributed by atoms with van der Waals surface area (Å²) in [5.41, 5.74) is -0.284. The van der Waals surface area contributed by atoms with Gasteiger partial charge in [-0.1, -0.05) is 30.3 Å². The zero-order chi connectivity index (χ0) is 19.2. The monoisotopic (exact) mass is 367 g/mol. The predicted molar refractivity (Wildman–Crippen MR) is 96.2 cm³/mol. The van der Waals surface area contributed by atoms with Crippen LogP contribution in [0.3, 0.4) is 0 Å². The molecule has 0 radical (unpaired) electrons. The average Bonchev–Trinajstić information content (AvgIpc) is 3.04. The number of benzene rings is 2. The van der Waals surface area contributed by atoms with Gasteiger partial charge >= 0.3 is 0 Å². The fraction of sp³-hybridized carbons (Fsp3) is 0.250. The predicted octanol–water partition coefficient (Wildman–Crippen LogP) is 2.05. The Bertz CT molecular complexity index is 961. The number of halogens is 1. The van der Waals surface area contributed by atoms with Crippen LogP contribution in [0.15, 0.2) is 48.5 Å². The van der Waals surface area contributed by atoms with E-state index in [0.29, 0.717) is 16.8 Å². The summed E-state index contributed by atoms with van der Waals surface area (Å²) in [6.45, 7) is -0.0288. The minimum absolute atomic E-state index is 0.0288. The van der Waals surface area contributed by atoms with Crippen molar-refractivity contribution in [2.45, 2.75) is 25.0 Å². The van der Waals surface area contributed by atoms with E-state index in [2.05, 4.69) is 5.32 Å². The molecule has 2 aliphatic heterocycles. The zero-order valence-electron chi connectivity index (χ0n) is 14.7. The van der Waals surface area contributed by atoms with Crippen LogP contribution in [-0.2, 0) is 16.1 Å². The largest absolute Gasteiger partial charge is 0.348 e. The van der Waals surface area contributed by atoms with E-state index in [1.807, 2.05) is 0 Å². The summed E-state index contributed by atoms with van der Waals surface area (Å²) in [6, 6.07) is 12.9. The van der Waals surface area contributed by atoms with Crippen LogP contribution in [-0.4, -0.2) is 35.3 Å². The molecule has 0 aromatic heterocycles. The number of anilines is 1. The van der Waals surface area contributed by atoms with Crippen LogP contribution in [0.5, 0.6) is 0 Å². The lowest BCUT2D eigenvalue weighted by molar-refractivity contribution is -0.133. The Balaban J connectivity index is 1.71. The molecule has 1 N–H and O–H groups in total. The van der Waals surface area contributed by atoms with Gasteiger partial charge in [-0.25, -0.2) is 4.39 Å². The maximum absolute atomic E-state index is 13.9. The van der Waals surface area contributed by atoms with E-state index < -0.39 is 17.4 Å². The topological polar surface area (TPSA) is 69.7 Å². The molecule has 138 valence electrons. The first-order chi connectivity index (χ1) is 13.0. The highest BCUT2D eigenvalue weighted by Crippen LogP contribution is 2.43. The van der Waals surface area contributed by atoms with Crippen LogP contribution in [0.25, 0.3) is 0 Å². The molecule has 0 aliphatic carbocycles. The summed E-state index contributed by atoms with van der Waals surface area (Å²) in [4.78, 5) is 41.4. The minimum Gasteiger partial charge on any atom is -0.348 e. The van der Waals surface area contributed by atoms with Crippen LogP contribution < -0.4 is 10.2 Å². The van der Waals surface area contributed by atoms with Crippen molar-refractivity contribution in [3.05, 3.63) is 65.5 Å². The van der Waals surface area contributed by atoms with Gasteiger partial charge in [0.1, 0.15) is 5.82 Å². The molecule has 0 saturated carbocycles. The van der Waals surface area contributed by atoms with Gasteiger partial charge in [0.05, 0.1) is 11.3 Å². The standard InChI is InChI=1S/C20H18FN3O3/c1-23-18(26)14-7-3-5-9-16(14)24-17(25)10-11-20(23,24)19(27)22-12-13-6-2-4-8-15(13)21/h2-9H,10-12H2,1H3,(H,22,27)/t20-/m1/s1. The number of likely N-dealkylation sites (N-methyl/N-ethyl adjacent to an activating group) is 1. The Kier molecular flexibility index (Phi) is 3.95. The van der Waals surface area contributed by atoms with Crippen LogP contribution >= 0.6 is 0 Å². The lowest BCUT2D eigenvalue weighted by atomic mass is 9.96. The normalized spacial score (nSPS) is 21.1. The van der Waals surface area contributed by atoms with Crippen molar-refractivity contribution in [2.75, 3.05) is 11.9 Å². The molecule has 7 heteroatoms. The summed E-state index contributed by atoms with van der Waals surface area (Å²) in [5, 5.41) is 2.71. The third-order valence-electron chi connectivity index (χ3n) is 5.30. The van der Waals surface area contributed by atoms with E-state index in [-0.39, 0.29) is 31.2 Å². The molecule has 0 bridgehead atoms. The fourth-order valence-corrected chi connectivity index (χ4v) is 3.89. The Morgan fingerprint density at radius 2 is 1.85 bits per heavy atom. The van der Waals surface area contributed by atoms with Gasteiger partial charge in [-0.05, 0) is 18.2 Å². The quantitative estimate of drug-likeness (QED) is 0.903. The molecule has 1 saturated heterocycles. The van der Waals surface area contributed by atoms with Crippen molar-refractivity contribution in [2.24, 2.45) is 0 Å². The van der Waals surface area contributed by atoms with E-state index in [1.54, 1.807) is 42.5 Å². The average molecular weight is 367 g/mol. The maximum Gasteiger partial charge on any atom is 0.267 e. The highest BCUT2D eigenvalue weighted by Gasteiger charge is 2.59. The zero-order valence-corrected chi connectivity index (χ0v) is 14.7. The van der Waals surface area contributed by atoms with Crippen molar-refractivity contribution in [3.8, 4) is 0 Å². The first-order valence-electron chi connectivity index (χ1n) is 8.69. The SMILES string of the molecule is CN1C(=O)c2ccccc2N2C(=O)CC[C@@]12C(=O)NCc1ccccc1F. The van der Waals surface area contributed by atoms with Gasteiger partial charge in [0.25, 0.3) is 11.8 Å². The van der Waals surface area contributed by atoms with E-state index in [0.717, 1.165) is 0 Å². The second-order valence-electron chi connectivity index (χ2n) is 6.70. The van der Waals surface area contributed by atoms with Crippen LogP contribution in [0, 0.1) is 5.82 Å². The molecule has 1 atom stereocenters. The number of nitrogens with zero attached hydrogens (tertiary/aromatic N) is 2. The molecular formula is C20H18FN3O3. The van der Waals surface area contributed by atoms with Crippen LogP contribution in [0.4, 0.5) is 10.1 Å². The number of hydrogen-bond donors (Lipinski definition) is 1. The summed E-state index contributed by atoms with van der Waals surface area (Å²) >= 11 is 0. The van der Waals surface area contributed by atoms with Gasteiger partial charge in [-0.3, -0.25) is 19.3 Å². The van der Waals surface area contributed by atoms with Gasteiger partial charge in [0.2, 0.25) is 11.6 Å². The first-order valence-corrected chi connectivity index (χ1v) is 8.69. The number of hydrogen-bond acceptors (Lipinski definition) is 3. The van der Waals surface area contributed by atoms with Gasteiger partial charge in [-0.15, -0.1) is 0 Å². The molecule has 2 aromatic carbocycles. The van der Waals surface area contributed by atoms with E-state index in [9.17, 15) is 18.8 Å². The summed E-state index contributed by atoms with van der Waals surface area (Å²) < 4.78 is 13.9. The Morgan fingerprint density at radius 1 is 1.15 bits per heavy atom. The van der Waals surface area contributed by atoms with Crippen molar-refractivity contribution in [3.63, 3.8) is 0 Å². The number of fused-ring (bicyclic) bond motifs is 3. The lowest BCUT2D eigenvalue weighted by Gasteiger charge is -2.47. The molecule has 3 amide bonds. The smallest absolute Gasteiger partial charge is 0.267 e. The van der Waals surface area contributed by atoms with Crippen LogP contribution in [0.2, 0.25) is 0 Å². The van der Waals surface area contributed by atoms with Crippen molar-refractivity contribution < 1.29 is 18.8 Å². The number of amides is 3. The number of rotatable bonds is 3. The summed E-state index contributed by atoms with van der Waals surface area (Å²) in [5.74, 6) is -1.46. The highest BCUT2D eigenvalue weighted by molar-refractivity contribution is 6.16. The molecule has 2 aliphatic rings. The molecule has 2 aromatic rings. The molecule has 2 heterocycles. The van der Waals surface area contributed by atoms with E-state index in [1.165, 1.54) is 22.9 Å². The van der Waals surface area contributed by atoms with Gasteiger partial charge < -0.3 is 10.2 Å². The highest BCUT2D eigenvalue weighted by atomic mass is 19.1. The minimum atomic E-state index is -1.44. The Hall–Kier alpha value is -3.22. The second-order valence-corrected chi connectivity index (χ2v) is 6.70. The van der Waals surface area contributed by atoms with Crippen LogP contribution in [0.1, 0.15) is 28.8 Å². The molecular weight excluding hydrogens is 349 g/mol. The maximum atomic E-state index is 13.9. The molecule has 1 fully saturated rings. The number of nitrogens with one attached hydrogen (secondary N) is 1. The number of carbonyl (C=O) groups is 3. The first kappa shape index (κ1) is 17.2. The van der Waals surface area contributed by atoms with Crippen molar-refractivity contribution in [1.29, 1.82) is 0 Å². The summed E-state index contributed by atoms with van der Waals surface area (Å²) in [7, 11) is 1.52. The summed E-state index contributed by atoms with van der Waals surface area (Å²) in [6.07, 6.45) is 0.338. The third kappa shape index (κ3) is 2.42. The van der Waals surface area contributed by atoms with E-state index >= 15 is 0 Å². The van der Waals surface area contributed by atoms with Crippen molar-refractivity contribution >= 4 is 23.4 Å². The van der Waals surface area contributed by atoms with Gasteiger partial charge in [0.15, 0.2) is 0 Å². The van der Waals surface area contributed by atoms with Gasteiger partial charge in [0, 0.05) is 32.0 Å². The Labute approximate surface area is 155 Å². The Morgan fingerprint density at radius 3 is 2.63 bits per heavy atom. The van der Waals surface area contributed by atoms with E-state index in [4.69, 9.17) is 0 Å². The van der Waals surface area contributed by atoms with Gasteiger partial charge in [-0.2, -0.15) is 0 Å². The molecule has 0 unspecified atom stereocenters. The molecule has 6 nitrogen and oxygen atoms in total. The number of carbonyl (C=O) groups excluding carboxylic acids is 3.